The first kappa shape index (κ1) is 18.2. The fourth-order valence-corrected chi connectivity index (χ4v) is 3.11. The number of benzene rings is 1. The Morgan fingerprint density at radius 3 is 2.32 bits per heavy atom. The van der Waals surface area contributed by atoms with Crippen molar-refractivity contribution >= 4 is 5.57 Å². The molecule has 3 aliphatic heterocycles. The van der Waals surface area contributed by atoms with Gasteiger partial charge in [-0.05, 0) is 31.1 Å². The number of hydrogen-bond acceptors (Lipinski definition) is 4. The second-order valence-corrected chi connectivity index (χ2v) is 6.71. The Hall–Kier alpha value is -1.57. The van der Waals surface area contributed by atoms with Crippen molar-refractivity contribution in [1.82, 2.24) is 0 Å². The lowest BCUT2D eigenvalue weighted by molar-refractivity contribution is -0.548. The van der Waals surface area contributed by atoms with E-state index in [-0.39, 0.29) is 31.1 Å². The molecule has 0 unspecified atom stereocenters. The van der Waals surface area contributed by atoms with Crippen molar-refractivity contribution in [2.24, 2.45) is 5.41 Å². The van der Waals surface area contributed by atoms with Crippen molar-refractivity contribution < 1.29 is 32.1 Å². The molecule has 3 fully saturated rings. The van der Waals surface area contributed by atoms with Crippen molar-refractivity contribution in [1.29, 1.82) is 0 Å². The third kappa shape index (κ3) is 3.16. The Kier molecular flexibility index (Phi) is 4.59. The molecule has 1 aromatic carbocycles. The first-order valence-electron chi connectivity index (χ1n) is 8.17. The predicted octanol–water partition coefficient (Wildman–Crippen LogP) is 4.35. The summed E-state index contributed by atoms with van der Waals surface area (Å²) in [5, 5.41) is 0. The summed E-state index contributed by atoms with van der Waals surface area (Å²) in [6.07, 6.45) is -2.32. The zero-order valence-corrected chi connectivity index (χ0v) is 14.2. The standard InChI is InChI=1S/C18H21F3O4/c1-4-7-16-9-22-18(23-10-16,24-11-16)17(20,21)25-13-5-6-14(12(2)3)15(19)8-13/h5-6,8H,2,4,7,9-11H2,1,3H3. The number of fused-ring (bicyclic) bond motifs is 3. The second kappa shape index (κ2) is 6.30. The summed E-state index contributed by atoms with van der Waals surface area (Å²) < 4.78 is 63.6. The van der Waals surface area contributed by atoms with E-state index >= 15 is 0 Å². The number of allylic oxidation sites excluding steroid dienone is 1. The van der Waals surface area contributed by atoms with Crippen LogP contribution in [0.4, 0.5) is 13.2 Å². The van der Waals surface area contributed by atoms with Crippen LogP contribution in [0.3, 0.4) is 0 Å². The predicted molar refractivity (Wildman–Crippen MR) is 84.6 cm³/mol. The maximum absolute atomic E-state index is 14.6. The molecule has 0 spiro atoms. The molecule has 3 saturated heterocycles. The third-order valence-electron chi connectivity index (χ3n) is 4.49. The lowest BCUT2D eigenvalue weighted by Gasteiger charge is -2.52. The first-order chi connectivity index (χ1) is 11.7. The van der Waals surface area contributed by atoms with Crippen LogP contribution >= 0.6 is 0 Å². The average molecular weight is 358 g/mol. The SMILES string of the molecule is C=C(C)c1ccc(OC(F)(F)C23OCC(CCC)(CO2)CO3)cc1F. The van der Waals surface area contributed by atoms with Gasteiger partial charge in [0.1, 0.15) is 11.6 Å². The molecule has 0 saturated carbocycles. The summed E-state index contributed by atoms with van der Waals surface area (Å²) in [7, 11) is 0. The van der Waals surface area contributed by atoms with Gasteiger partial charge < -0.3 is 18.9 Å². The molecule has 138 valence electrons. The molecule has 7 heteroatoms. The van der Waals surface area contributed by atoms with E-state index in [4.69, 9.17) is 18.9 Å². The number of alkyl halides is 2. The summed E-state index contributed by atoms with van der Waals surface area (Å²) in [6.45, 7) is 7.54. The largest absolute Gasteiger partial charge is 0.484 e. The van der Waals surface area contributed by atoms with Crippen LogP contribution in [0.15, 0.2) is 24.8 Å². The van der Waals surface area contributed by atoms with Gasteiger partial charge in [-0.25, -0.2) is 4.39 Å². The number of halogens is 3. The van der Waals surface area contributed by atoms with Crippen LogP contribution in [0.25, 0.3) is 5.57 Å². The van der Waals surface area contributed by atoms with Crippen molar-refractivity contribution in [2.45, 2.75) is 38.8 Å². The van der Waals surface area contributed by atoms with Gasteiger partial charge in [-0.1, -0.05) is 19.9 Å². The van der Waals surface area contributed by atoms with Gasteiger partial charge in [0.25, 0.3) is 0 Å². The Morgan fingerprint density at radius 2 is 1.84 bits per heavy atom. The quantitative estimate of drug-likeness (QED) is 0.758. The molecule has 3 heterocycles. The topological polar surface area (TPSA) is 36.9 Å². The van der Waals surface area contributed by atoms with E-state index in [2.05, 4.69) is 6.58 Å². The van der Waals surface area contributed by atoms with Gasteiger partial charge in [-0.15, -0.1) is 0 Å². The first-order valence-corrected chi connectivity index (χ1v) is 8.17. The molecule has 4 rings (SSSR count). The van der Waals surface area contributed by atoms with E-state index in [1.807, 2.05) is 6.92 Å². The van der Waals surface area contributed by atoms with Gasteiger partial charge in [-0.3, -0.25) is 0 Å². The number of rotatable bonds is 6. The molecule has 25 heavy (non-hydrogen) atoms. The smallest absolute Gasteiger partial charge is 0.426 e. The molecule has 0 aromatic heterocycles. The Bertz CT molecular complexity index is 650. The molecule has 0 aliphatic carbocycles. The van der Waals surface area contributed by atoms with Gasteiger partial charge in [-0.2, -0.15) is 8.78 Å². The van der Waals surface area contributed by atoms with E-state index < -0.39 is 23.3 Å². The van der Waals surface area contributed by atoms with Crippen LogP contribution in [0.2, 0.25) is 0 Å². The molecule has 2 bridgehead atoms. The van der Waals surface area contributed by atoms with Gasteiger partial charge in [0.15, 0.2) is 0 Å². The summed E-state index contributed by atoms with van der Waals surface area (Å²) in [5.41, 5.74) is 0.315. The van der Waals surface area contributed by atoms with E-state index in [1.165, 1.54) is 12.1 Å². The van der Waals surface area contributed by atoms with Crippen LogP contribution in [0.5, 0.6) is 5.75 Å². The zero-order valence-electron chi connectivity index (χ0n) is 14.2. The lowest BCUT2D eigenvalue weighted by atomic mass is 9.84. The molecule has 3 aliphatic rings. The highest BCUT2D eigenvalue weighted by atomic mass is 19.3. The van der Waals surface area contributed by atoms with Crippen molar-refractivity contribution in [2.75, 3.05) is 19.8 Å². The molecular formula is C18H21F3O4. The van der Waals surface area contributed by atoms with Gasteiger partial charge in [0.05, 0.1) is 19.8 Å². The molecular weight excluding hydrogens is 337 g/mol. The highest BCUT2D eigenvalue weighted by Crippen LogP contribution is 2.48. The zero-order chi connectivity index (χ0) is 18.3. The van der Waals surface area contributed by atoms with E-state index in [1.54, 1.807) is 6.92 Å². The molecule has 4 nitrogen and oxygen atoms in total. The monoisotopic (exact) mass is 358 g/mol. The van der Waals surface area contributed by atoms with Crippen LogP contribution in [0.1, 0.15) is 32.3 Å². The average Bonchev–Trinajstić information content (AvgIpc) is 2.55. The minimum atomic E-state index is -3.94. The van der Waals surface area contributed by atoms with Gasteiger partial charge in [0, 0.05) is 17.0 Å². The van der Waals surface area contributed by atoms with E-state index in [0.29, 0.717) is 5.57 Å². The lowest BCUT2D eigenvalue weighted by Crippen LogP contribution is -2.68. The molecule has 0 N–H and O–H groups in total. The highest BCUT2D eigenvalue weighted by molar-refractivity contribution is 5.62. The molecule has 0 amide bonds. The van der Waals surface area contributed by atoms with Gasteiger partial charge >= 0.3 is 12.1 Å². The van der Waals surface area contributed by atoms with E-state index in [0.717, 1.165) is 18.9 Å². The van der Waals surface area contributed by atoms with E-state index in [9.17, 15) is 13.2 Å². The Morgan fingerprint density at radius 1 is 1.24 bits per heavy atom. The molecule has 0 atom stereocenters. The molecule has 1 aromatic rings. The minimum absolute atomic E-state index is 0.0999. The minimum Gasteiger partial charge on any atom is -0.426 e. The summed E-state index contributed by atoms with van der Waals surface area (Å²) in [6, 6.07) is 3.45. The maximum Gasteiger partial charge on any atom is 0.484 e. The Balaban J connectivity index is 1.77. The van der Waals surface area contributed by atoms with Crippen LogP contribution in [-0.4, -0.2) is 31.9 Å². The van der Waals surface area contributed by atoms with Crippen molar-refractivity contribution in [3.63, 3.8) is 0 Å². The highest BCUT2D eigenvalue weighted by Gasteiger charge is 2.68. The van der Waals surface area contributed by atoms with Crippen LogP contribution in [0, 0.1) is 11.2 Å². The Labute approximate surface area is 144 Å². The third-order valence-corrected chi connectivity index (χ3v) is 4.49. The summed E-state index contributed by atoms with van der Waals surface area (Å²) >= 11 is 0. The summed E-state index contributed by atoms with van der Waals surface area (Å²) in [4.78, 5) is 0. The summed E-state index contributed by atoms with van der Waals surface area (Å²) in [5.74, 6) is -3.66. The molecule has 0 radical (unpaired) electrons. The van der Waals surface area contributed by atoms with Gasteiger partial charge in [0.2, 0.25) is 0 Å². The normalized spacial score (nSPS) is 28.8. The number of ether oxygens (including phenoxy) is 4. The van der Waals surface area contributed by atoms with Crippen molar-refractivity contribution in [3.05, 3.63) is 36.2 Å². The fraction of sp³-hybridized carbons (Fsp3) is 0.556. The fourth-order valence-electron chi connectivity index (χ4n) is 3.11. The second-order valence-electron chi connectivity index (χ2n) is 6.71. The number of hydrogen-bond donors (Lipinski definition) is 0. The van der Waals surface area contributed by atoms with Crippen molar-refractivity contribution in [3.8, 4) is 5.75 Å². The van der Waals surface area contributed by atoms with Crippen LogP contribution < -0.4 is 4.74 Å². The van der Waals surface area contributed by atoms with Crippen LogP contribution in [-0.2, 0) is 14.2 Å². The maximum atomic E-state index is 14.6.